The number of hydrogen-bond acceptors (Lipinski definition) is 3. The van der Waals surface area contributed by atoms with Gasteiger partial charge in [0.15, 0.2) is 5.96 Å². The van der Waals surface area contributed by atoms with Gasteiger partial charge in [0.1, 0.15) is 11.6 Å². The molecule has 1 atom stereocenters. The fraction of sp³-hybridized carbons (Fsp3) is 0.381. The summed E-state index contributed by atoms with van der Waals surface area (Å²) in [6, 6.07) is 14.9. The van der Waals surface area contributed by atoms with E-state index in [1.54, 1.807) is 13.2 Å². The van der Waals surface area contributed by atoms with E-state index in [0.717, 1.165) is 49.0 Å². The number of nitrogens with one attached hydrogen (secondary N) is 2. The molecule has 2 aromatic carbocycles. The van der Waals surface area contributed by atoms with Gasteiger partial charge in [0.2, 0.25) is 0 Å². The average Bonchev–Trinajstić information content (AvgIpc) is 3.14. The molecule has 0 aromatic heterocycles. The fourth-order valence-corrected chi connectivity index (χ4v) is 3.31. The molecule has 2 aromatic rings. The van der Waals surface area contributed by atoms with Crippen molar-refractivity contribution >= 4 is 11.6 Å². The molecule has 0 radical (unpaired) electrons. The van der Waals surface area contributed by atoms with Crippen molar-refractivity contribution in [1.29, 1.82) is 0 Å². The highest BCUT2D eigenvalue weighted by Crippen LogP contribution is 2.30. The Balaban J connectivity index is 1.62. The van der Waals surface area contributed by atoms with Crippen molar-refractivity contribution < 1.29 is 9.13 Å². The molecule has 144 valence electrons. The van der Waals surface area contributed by atoms with E-state index in [1.807, 2.05) is 31.2 Å². The molecule has 0 spiro atoms. The first-order valence-corrected chi connectivity index (χ1v) is 9.37. The summed E-state index contributed by atoms with van der Waals surface area (Å²) in [6.07, 6.45) is 1.02. The van der Waals surface area contributed by atoms with Crippen LogP contribution in [0.5, 0.6) is 5.75 Å². The first-order valence-electron chi connectivity index (χ1n) is 9.37. The van der Waals surface area contributed by atoms with Crippen LogP contribution in [0.25, 0.3) is 0 Å². The zero-order valence-electron chi connectivity index (χ0n) is 15.9. The first kappa shape index (κ1) is 19.0. The van der Waals surface area contributed by atoms with Crippen molar-refractivity contribution in [2.45, 2.75) is 25.9 Å². The van der Waals surface area contributed by atoms with Gasteiger partial charge in [-0.3, -0.25) is 0 Å². The summed E-state index contributed by atoms with van der Waals surface area (Å²) < 4.78 is 18.8. The van der Waals surface area contributed by atoms with E-state index in [-0.39, 0.29) is 5.82 Å². The molecule has 1 aliphatic rings. The number of anilines is 1. The molecule has 0 amide bonds. The predicted molar refractivity (Wildman–Crippen MR) is 108 cm³/mol. The van der Waals surface area contributed by atoms with Crippen LogP contribution in [0, 0.1) is 5.82 Å². The molecule has 1 aliphatic heterocycles. The monoisotopic (exact) mass is 370 g/mol. The number of ether oxygens (including phenoxy) is 1. The second-order valence-corrected chi connectivity index (χ2v) is 6.57. The number of nitrogens with zero attached hydrogens (tertiary/aromatic N) is 2. The number of rotatable bonds is 6. The lowest BCUT2D eigenvalue weighted by Gasteiger charge is -2.22. The van der Waals surface area contributed by atoms with E-state index in [0.29, 0.717) is 12.6 Å². The lowest BCUT2D eigenvalue weighted by atomic mass is 10.2. The van der Waals surface area contributed by atoms with Crippen LogP contribution in [0.2, 0.25) is 0 Å². The fourth-order valence-electron chi connectivity index (χ4n) is 3.31. The van der Waals surface area contributed by atoms with E-state index >= 15 is 0 Å². The number of halogens is 1. The van der Waals surface area contributed by atoms with Crippen molar-refractivity contribution in [2.24, 2.45) is 4.99 Å². The summed E-state index contributed by atoms with van der Waals surface area (Å²) in [6.45, 7) is 5.09. The first-order chi connectivity index (χ1) is 13.2. The van der Waals surface area contributed by atoms with E-state index < -0.39 is 0 Å². The molecule has 0 saturated carbocycles. The SMILES string of the molecule is CCNC(=NCc1cccc(F)c1)NC1CCN(c2ccccc2OC)C1. The Hall–Kier alpha value is -2.76. The molecule has 1 unspecified atom stereocenters. The maximum atomic E-state index is 13.3. The number of aliphatic imine (C=N–C) groups is 1. The summed E-state index contributed by atoms with van der Waals surface area (Å²) >= 11 is 0. The van der Waals surface area contributed by atoms with Crippen molar-refractivity contribution in [2.75, 3.05) is 31.6 Å². The molecule has 5 nitrogen and oxygen atoms in total. The van der Waals surface area contributed by atoms with Crippen LogP contribution in [-0.2, 0) is 6.54 Å². The molecule has 1 saturated heterocycles. The quantitative estimate of drug-likeness (QED) is 0.606. The predicted octanol–water partition coefficient (Wildman–Crippen LogP) is 3.17. The smallest absolute Gasteiger partial charge is 0.191 e. The zero-order chi connectivity index (χ0) is 19.1. The zero-order valence-corrected chi connectivity index (χ0v) is 15.9. The molecule has 1 heterocycles. The van der Waals surface area contributed by atoms with Crippen molar-refractivity contribution in [1.82, 2.24) is 10.6 Å². The van der Waals surface area contributed by atoms with Crippen LogP contribution in [0.4, 0.5) is 10.1 Å². The maximum Gasteiger partial charge on any atom is 0.191 e. The Morgan fingerprint density at radius 2 is 2.11 bits per heavy atom. The average molecular weight is 370 g/mol. The largest absolute Gasteiger partial charge is 0.495 e. The summed E-state index contributed by atoms with van der Waals surface area (Å²) in [4.78, 5) is 6.93. The topological polar surface area (TPSA) is 48.9 Å². The third-order valence-corrected chi connectivity index (χ3v) is 4.61. The van der Waals surface area contributed by atoms with Crippen LogP contribution in [0.1, 0.15) is 18.9 Å². The van der Waals surface area contributed by atoms with Gasteiger partial charge in [0.05, 0.1) is 19.3 Å². The molecular formula is C21H27FN4O. The van der Waals surface area contributed by atoms with Gasteiger partial charge in [-0.1, -0.05) is 24.3 Å². The third kappa shape index (κ3) is 5.12. The van der Waals surface area contributed by atoms with Crippen LogP contribution < -0.4 is 20.3 Å². The maximum absolute atomic E-state index is 13.3. The van der Waals surface area contributed by atoms with E-state index in [9.17, 15) is 4.39 Å². The van der Waals surface area contributed by atoms with Crippen molar-refractivity contribution in [3.63, 3.8) is 0 Å². The highest BCUT2D eigenvalue weighted by molar-refractivity contribution is 5.80. The van der Waals surface area contributed by atoms with E-state index in [1.165, 1.54) is 12.1 Å². The molecule has 1 fully saturated rings. The summed E-state index contributed by atoms with van der Waals surface area (Å²) in [5.74, 6) is 1.42. The second-order valence-electron chi connectivity index (χ2n) is 6.57. The summed E-state index contributed by atoms with van der Waals surface area (Å²) in [5.41, 5.74) is 1.97. The highest BCUT2D eigenvalue weighted by atomic mass is 19.1. The minimum absolute atomic E-state index is 0.232. The van der Waals surface area contributed by atoms with Gasteiger partial charge in [-0.2, -0.15) is 0 Å². The Kier molecular flexibility index (Phi) is 6.52. The van der Waals surface area contributed by atoms with Gasteiger partial charge < -0.3 is 20.3 Å². The van der Waals surface area contributed by atoms with Gasteiger partial charge >= 0.3 is 0 Å². The van der Waals surface area contributed by atoms with Gasteiger partial charge in [0, 0.05) is 25.7 Å². The molecular weight excluding hydrogens is 343 g/mol. The number of hydrogen-bond donors (Lipinski definition) is 2. The Morgan fingerprint density at radius 1 is 1.26 bits per heavy atom. The number of guanidine groups is 1. The molecule has 6 heteroatoms. The lowest BCUT2D eigenvalue weighted by Crippen LogP contribution is -2.44. The third-order valence-electron chi connectivity index (χ3n) is 4.61. The van der Waals surface area contributed by atoms with Crippen LogP contribution >= 0.6 is 0 Å². The standard InChI is InChI=1S/C21H27FN4O/c1-3-23-21(24-14-16-7-6-8-17(22)13-16)25-18-11-12-26(15-18)19-9-4-5-10-20(19)27-2/h4-10,13,18H,3,11-12,14-15H2,1-2H3,(H2,23,24,25). The molecule has 0 bridgehead atoms. The van der Waals surface area contributed by atoms with E-state index in [4.69, 9.17) is 4.74 Å². The van der Waals surface area contributed by atoms with Crippen LogP contribution in [0.3, 0.4) is 0 Å². The number of benzene rings is 2. The Bertz CT molecular complexity index is 780. The number of para-hydroxylation sites is 2. The Labute approximate surface area is 160 Å². The normalized spacial score (nSPS) is 17.1. The molecule has 3 rings (SSSR count). The number of methoxy groups -OCH3 is 1. The van der Waals surface area contributed by atoms with Crippen molar-refractivity contribution in [3.05, 3.63) is 59.9 Å². The van der Waals surface area contributed by atoms with E-state index in [2.05, 4.69) is 26.6 Å². The summed E-state index contributed by atoms with van der Waals surface area (Å²) in [7, 11) is 1.70. The van der Waals surface area contributed by atoms with Gasteiger partial charge in [-0.25, -0.2) is 9.38 Å². The van der Waals surface area contributed by atoms with Gasteiger partial charge in [-0.15, -0.1) is 0 Å². The van der Waals surface area contributed by atoms with Crippen LogP contribution in [0.15, 0.2) is 53.5 Å². The minimum Gasteiger partial charge on any atom is -0.495 e. The molecule has 0 aliphatic carbocycles. The van der Waals surface area contributed by atoms with Gasteiger partial charge in [-0.05, 0) is 43.2 Å². The molecule has 27 heavy (non-hydrogen) atoms. The summed E-state index contributed by atoms with van der Waals surface area (Å²) in [5, 5.41) is 6.78. The molecule has 2 N–H and O–H groups in total. The van der Waals surface area contributed by atoms with Crippen LogP contribution in [-0.4, -0.2) is 38.7 Å². The van der Waals surface area contributed by atoms with Crippen molar-refractivity contribution in [3.8, 4) is 5.75 Å². The minimum atomic E-state index is -0.232. The van der Waals surface area contributed by atoms with Gasteiger partial charge in [0.25, 0.3) is 0 Å². The highest BCUT2D eigenvalue weighted by Gasteiger charge is 2.25. The Morgan fingerprint density at radius 3 is 2.89 bits per heavy atom. The lowest BCUT2D eigenvalue weighted by molar-refractivity contribution is 0.415. The second kappa shape index (κ2) is 9.26.